The molecule has 5 rings (SSSR count). The van der Waals surface area contributed by atoms with Crippen molar-refractivity contribution < 1.29 is 0 Å². The van der Waals surface area contributed by atoms with E-state index in [2.05, 4.69) is 33.4 Å². The fourth-order valence-electron chi connectivity index (χ4n) is 3.74. The standard InChI is InChI=1S/C19H16N6/c20-12-14-17(24-10-8-21-9-11-24)13-4-1-2-6-16(13)25-18(14)23-15-5-3-7-22-19(15)25/h1-7,21H,8-11H2. The number of para-hydroxylation sites is 1. The van der Waals surface area contributed by atoms with Gasteiger partial charge in [0.15, 0.2) is 11.3 Å². The third-order valence-corrected chi connectivity index (χ3v) is 4.82. The minimum atomic E-state index is 0.624. The van der Waals surface area contributed by atoms with Crippen molar-refractivity contribution in [2.45, 2.75) is 0 Å². The van der Waals surface area contributed by atoms with Crippen LogP contribution in [0, 0.1) is 11.3 Å². The highest BCUT2D eigenvalue weighted by atomic mass is 15.2. The summed E-state index contributed by atoms with van der Waals surface area (Å²) in [5, 5.41) is 14.4. The van der Waals surface area contributed by atoms with Gasteiger partial charge in [0, 0.05) is 37.8 Å². The van der Waals surface area contributed by atoms with Gasteiger partial charge in [-0.1, -0.05) is 18.2 Å². The molecule has 3 aromatic heterocycles. The van der Waals surface area contributed by atoms with Gasteiger partial charge in [0.1, 0.15) is 17.1 Å². The summed E-state index contributed by atoms with van der Waals surface area (Å²) in [5.41, 5.74) is 4.93. The van der Waals surface area contributed by atoms with Gasteiger partial charge in [0.25, 0.3) is 0 Å². The van der Waals surface area contributed by atoms with Gasteiger partial charge in [-0.25, -0.2) is 9.97 Å². The van der Waals surface area contributed by atoms with E-state index >= 15 is 0 Å². The van der Waals surface area contributed by atoms with E-state index < -0.39 is 0 Å². The van der Waals surface area contributed by atoms with Crippen molar-refractivity contribution in [3.05, 3.63) is 48.2 Å². The average molecular weight is 328 g/mol. The fourth-order valence-corrected chi connectivity index (χ4v) is 3.74. The van der Waals surface area contributed by atoms with Gasteiger partial charge in [-0.3, -0.25) is 4.40 Å². The Morgan fingerprint density at radius 1 is 1.04 bits per heavy atom. The molecule has 1 fully saturated rings. The molecule has 0 atom stereocenters. The third kappa shape index (κ3) is 2.00. The summed E-state index contributed by atoms with van der Waals surface area (Å²) < 4.78 is 2.01. The van der Waals surface area contributed by atoms with Gasteiger partial charge in [0.2, 0.25) is 0 Å². The van der Waals surface area contributed by atoms with E-state index in [0.717, 1.165) is 53.9 Å². The summed E-state index contributed by atoms with van der Waals surface area (Å²) in [6.07, 6.45) is 1.77. The lowest BCUT2D eigenvalue weighted by Crippen LogP contribution is -2.44. The summed E-state index contributed by atoms with van der Waals surface area (Å²) in [5.74, 6) is 0. The van der Waals surface area contributed by atoms with E-state index in [4.69, 9.17) is 4.98 Å². The first-order valence-electron chi connectivity index (χ1n) is 8.42. The Morgan fingerprint density at radius 3 is 2.72 bits per heavy atom. The molecule has 1 aliphatic heterocycles. The Morgan fingerprint density at radius 2 is 1.88 bits per heavy atom. The Balaban J connectivity index is 1.99. The highest BCUT2D eigenvalue weighted by Crippen LogP contribution is 2.35. The summed E-state index contributed by atoms with van der Waals surface area (Å²) >= 11 is 0. The van der Waals surface area contributed by atoms with Crippen LogP contribution < -0.4 is 10.2 Å². The van der Waals surface area contributed by atoms with Crippen LogP contribution in [-0.4, -0.2) is 40.5 Å². The van der Waals surface area contributed by atoms with E-state index in [9.17, 15) is 5.26 Å². The summed E-state index contributed by atoms with van der Waals surface area (Å²) in [4.78, 5) is 11.5. The number of benzene rings is 1. The van der Waals surface area contributed by atoms with E-state index in [1.807, 2.05) is 28.7 Å². The van der Waals surface area contributed by atoms with Crippen LogP contribution in [0.25, 0.3) is 27.7 Å². The van der Waals surface area contributed by atoms with Crippen molar-refractivity contribution in [2.24, 2.45) is 0 Å². The van der Waals surface area contributed by atoms with E-state index in [1.165, 1.54) is 0 Å². The number of pyridine rings is 2. The first kappa shape index (κ1) is 14.2. The van der Waals surface area contributed by atoms with Crippen LogP contribution in [0.15, 0.2) is 42.6 Å². The number of nitrogens with zero attached hydrogens (tertiary/aromatic N) is 5. The van der Waals surface area contributed by atoms with Gasteiger partial charge in [-0.2, -0.15) is 5.26 Å². The number of anilines is 1. The molecule has 0 saturated carbocycles. The lowest BCUT2D eigenvalue weighted by molar-refractivity contribution is 0.590. The molecule has 25 heavy (non-hydrogen) atoms. The predicted molar refractivity (Wildman–Crippen MR) is 97.8 cm³/mol. The second kappa shape index (κ2) is 5.43. The molecule has 0 radical (unpaired) electrons. The maximum Gasteiger partial charge on any atom is 0.164 e. The zero-order chi connectivity index (χ0) is 16.8. The van der Waals surface area contributed by atoms with Crippen molar-refractivity contribution in [1.82, 2.24) is 19.7 Å². The van der Waals surface area contributed by atoms with Crippen molar-refractivity contribution >= 4 is 33.4 Å². The maximum absolute atomic E-state index is 9.97. The number of nitriles is 1. The molecule has 6 heteroatoms. The van der Waals surface area contributed by atoms with Gasteiger partial charge in [0.05, 0.1) is 11.2 Å². The predicted octanol–water partition coefficient (Wildman–Crippen LogP) is 2.32. The van der Waals surface area contributed by atoms with Crippen molar-refractivity contribution in [1.29, 1.82) is 5.26 Å². The number of imidazole rings is 1. The molecule has 4 heterocycles. The largest absolute Gasteiger partial charge is 0.367 e. The Labute approximate surface area is 144 Å². The molecule has 122 valence electrons. The van der Waals surface area contributed by atoms with Gasteiger partial charge in [-0.05, 0) is 18.2 Å². The molecule has 0 aliphatic carbocycles. The maximum atomic E-state index is 9.97. The lowest BCUT2D eigenvalue weighted by Gasteiger charge is -2.31. The highest BCUT2D eigenvalue weighted by Gasteiger charge is 2.23. The number of rotatable bonds is 1. The quantitative estimate of drug-likeness (QED) is 0.581. The second-order valence-corrected chi connectivity index (χ2v) is 6.21. The summed E-state index contributed by atoms with van der Waals surface area (Å²) in [7, 11) is 0. The van der Waals surface area contributed by atoms with Crippen LogP contribution in [0.1, 0.15) is 5.56 Å². The van der Waals surface area contributed by atoms with Crippen LogP contribution >= 0.6 is 0 Å². The van der Waals surface area contributed by atoms with Crippen molar-refractivity contribution in [3.8, 4) is 6.07 Å². The Hall–Kier alpha value is -3.17. The minimum absolute atomic E-state index is 0.624. The molecule has 0 amide bonds. The van der Waals surface area contributed by atoms with Crippen LogP contribution in [-0.2, 0) is 0 Å². The van der Waals surface area contributed by atoms with Gasteiger partial charge >= 0.3 is 0 Å². The zero-order valence-corrected chi connectivity index (χ0v) is 13.6. The highest BCUT2D eigenvalue weighted by molar-refractivity contribution is 6.01. The molecule has 1 N–H and O–H groups in total. The molecule has 1 aliphatic rings. The molecular weight excluding hydrogens is 312 g/mol. The molecular formula is C19H16N6. The topological polar surface area (TPSA) is 69.2 Å². The normalized spacial score (nSPS) is 15.1. The molecule has 6 nitrogen and oxygen atoms in total. The van der Waals surface area contributed by atoms with Crippen LogP contribution in [0.3, 0.4) is 0 Å². The number of hydrogen-bond acceptors (Lipinski definition) is 5. The smallest absolute Gasteiger partial charge is 0.164 e. The first-order chi connectivity index (χ1) is 12.4. The Bertz CT molecular complexity index is 1150. The van der Waals surface area contributed by atoms with Gasteiger partial charge < -0.3 is 10.2 Å². The SMILES string of the molecule is N#Cc1c(N2CCNCC2)c2ccccc2n2c1nc1cccnc12. The first-order valence-corrected chi connectivity index (χ1v) is 8.42. The summed E-state index contributed by atoms with van der Waals surface area (Å²) in [6, 6.07) is 14.4. The molecule has 1 saturated heterocycles. The average Bonchev–Trinajstić information content (AvgIpc) is 3.07. The number of fused-ring (bicyclic) bond motifs is 5. The molecule has 1 aromatic carbocycles. The zero-order valence-electron chi connectivity index (χ0n) is 13.6. The minimum Gasteiger partial charge on any atom is -0.367 e. The van der Waals surface area contributed by atoms with E-state index in [0.29, 0.717) is 11.2 Å². The van der Waals surface area contributed by atoms with Crippen molar-refractivity contribution in [2.75, 3.05) is 31.1 Å². The number of hydrogen-bond donors (Lipinski definition) is 1. The molecule has 0 unspecified atom stereocenters. The van der Waals surface area contributed by atoms with E-state index in [-0.39, 0.29) is 0 Å². The number of piperazine rings is 1. The monoisotopic (exact) mass is 328 g/mol. The third-order valence-electron chi connectivity index (χ3n) is 4.82. The molecule has 0 bridgehead atoms. The van der Waals surface area contributed by atoms with Crippen LogP contribution in [0.5, 0.6) is 0 Å². The van der Waals surface area contributed by atoms with Crippen LogP contribution in [0.2, 0.25) is 0 Å². The number of aromatic nitrogens is 3. The lowest BCUT2D eigenvalue weighted by atomic mass is 10.1. The van der Waals surface area contributed by atoms with Crippen molar-refractivity contribution in [3.63, 3.8) is 0 Å². The molecule has 4 aromatic rings. The fraction of sp³-hybridized carbons (Fsp3) is 0.211. The summed E-state index contributed by atoms with van der Waals surface area (Å²) in [6.45, 7) is 3.60. The van der Waals surface area contributed by atoms with Crippen LogP contribution in [0.4, 0.5) is 5.69 Å². The second-order valence-electron chi connectivity index (χ2n) is 6.21. The Kier molecular flexibility index (Phi) is 3.08. The van der Waals surface area contributed by atoms with Gasteiger partial charge in [-0.15, -0.1) is 0 Å². The molecule has 0 spiro atoms. The number of nitrogens with one attached hydrogen (secondary N) is 1. The van der Waals surface area contributed by atoms with E-state index in [1.54, 1.807) is 6.20 Å².